The summed E-state index contributed by atoms with van der Waals surface area (Å²) < 4.78 is 59.7. The molecule has 0 atom stereocenters. The lowest BCUT2D eigenvalue weighted by Gasteiger charge is -2.27. The van der Waals surface area contributed by atoms with Crippen LogP contribution in [-0.2, 0) is 31.6 Å². The molecule has 0 saturated heterocycles. The molecule has 2 aliphatic heterocycles. The molecule has 0 amide bonds. The Morgan fingerprint density at radius 3 is 2.23 bits per heavy atom. The van der Waals surface area contributed by atoms with Crippen LogP contribution >= 0.6 is 11.6 Å². The second-order valence-corrected chi connectivity index (χ2v) is 15.8. The van der Waals surface area contributed by atoms with E-state index in [2.05, 4.69) is 105 Å². The smallest absolute Gasteiger partial charge is 0.344 e. The number of unbranched alkanes of at least 4 members (excludes halogenated alkanes) is 1. The van der Waals surface area contributed by atoms with Crippen LogP contribution in [0.2, 0.25) is 0 Å². The summed E-state index contributed by atoms with van der Waals surface area (Å²) in [7, 11) is -7.13. The fraction of sp³-hybridized carbons (Fsp3) is 0.432. The molecule has 1 aliphatic carbocycles. The van der Waals surface area contributed by atoms with Crippen molar-refractivity contribution in [3.05, 3.63) is 106 Å². The predicted molar refractivity (Wildman–Crippen MR) is 194 cm³/mol. The maximum atomic E-state index is 11.4. The van der Waals surface area contributed by atoms with Gasteiger partial charge in [-0.2, -0.15) is 13.0 Å². The molecule has 0 saturated carbocycles. The minimum atomic E-state index is -4.02. The van der Waals surface area contributed by atoms with Gasteiger partial charge in [-0.3, -0.25) is 4.55 Å². The number of para-hydroxylation sites is 2. The van der Waals surface area contributed by atoms with E-state index in [0.29, 0.717) is 13.0 Å². The number of hydrogen-bond donors (Lipinski definition) is 1. The van der Waals surface area contributed by atoms with E-state index < -0.39 is 20.7 Å². The third-order valence-electron chi connectivity index (χ3n) is 9.46. The van der Waals surface area contributed by atoms with Gasteiger partial charge in [0.2, 0.25) is 5.69 Å². The molecule has 0 unspecified atom stereocenters. The molecule has 11 heteroatoms. The van der Waals surface area contributed by atoms with Gasteiger partial charge in [-0.15, -0.1) is 12.6 Å². The third-order valence-corrected chi connectivity index (χ3v) is 10.7. The monoisotopic (exact) mass is 713 g/mol. The van der Waals surface area contributed by atoms with Gasteiger partial charge in [-0.25, -0.2) is 0 Å². The maximum absolute atomic E-state index is 11.4. The topological polar surface area (TPSA) is 112 Å². The quantitative estimate of drug-likeness (QED) is 0.196. The van der Waals surface area contributed by atoms with Crippen molar-refractivity contribution in [1.29, 1.82) is 0 Å². The number of nitrogens with zero attached hydrogens (tertiary/aromatic N) is 2. The van der Waals surface area contributed by atoms with Crippen LogP contribution in [0.3, 0.4) is 0 Å². The summed E-state index contributed by atoms with van der Waals surface area (Å²) in [5, 5.41) is 0.824. The van der Waals surface area contributed by atoms with Crippen LogP contribution < -0.4 is 4.90 Å². The molecule has 8 nitrogen and oxygen atoms in total. The molecule has 1 N–H and O–H groups in total. The van der Waals surface area contributed by atoms with Gasteiger partial charge in [0.1, 0.15) is 6.54 Å². The van der Waals surface area contributed by atoms with Crippen LogP contribution in [0.1, 0.15) is 84.3 Å². The Bertz CT molecular complexity index is 1910. The molecule has 0 aromatic heterocycles. The highest BCUT2D eigenvalue weighted by Gasteiger charge is 2.44. The third kappa shape index (κ3) is 8.45. The zero-order chi connectivity index (χ0) is 35.3. The van der Waals surface area contributed by atoms with Crippen LogP contribution in [-0.4, -0.2) is 54.7 Å². The summed E-state index contributed by atoms with van der Waals surface area (Å²) in [5.74, 6) is -0.262. The van der Waals surface area contributed by atoms with Gasteiger partial charge in [-0.1, -0.05) is 87.3 Å². The second-order valence-electron chi connectivity index (χ2n) is 13.4. The summed E-state index contributed by atoms with van der Waals surface area (Å²) in [6.45, 7) is 12.8. The minimum Gasteiger partial charge on any atom is -0.344 e. The summed E-state index contributed by atoms with van der Waals surface area (Å²) >= 11 is 7.13. The normalized spacial score (nSPS) is 19.9. The lowest BCUT2D eigenvalue weighted by Crippen LogP contribution is -2.28. The molecule has 258 valence electrons. The van der Waals surface area contributed by atoms with Crippen molar-refractivity contribution >= 4 is 49.4 Å². The molecule has 0 spiro atoms. The van der Waals surface area contributed by atoms with Crippen molar-refractivity contribution in [3.8, 4) is 0 Å². The summed E-state index contributed by atoms with van der Waals surface area (Å²) in [6.07, 6.45) is 14.4. The average Bonchev–Trinajstić information content (AvgIpc) is 3.36. The average molecular weight is 714 g/mol. The molecular formula is C37H46ClN2O6S2+. The number of allylic oxidation sites excluding steroid dienone is 8. The van der Waals surface area contributed by atoms with E-state index in [0.717, 1.165) is 66.2 Å². The lowest BCUT2D eigenvalue weighted by atomic mass is 9.81. The zero-order valence-electron chi connectivity index (χ0n) is 28.4. The fourth-order valence-corrected chi connectivity index (χ4v) is 7.86. The van der Waals surface area contributed by atoms with E-state index in [1.807, 2.05) is 12.1 Å². The largest absolute Gasteiger partial charge is 0.425 e. The molecule has 2 aromatic carbocycles. The van der Waals surface area contributed by atoms with Crippen LogP contribution in [0.4, 0.5) is 11.4 Å². The van der Waals surface area contributed by atoms with Crippen LogP contribution in [0.25, 0.3) is 0 Å². The van der Waals surface area contributed by atoms with Crippen molar-refractivity contribution in [1.82, 2.24) is 0 Å². The highest BCUT2D eigenvalue weighted by atomic mass is 35.5. The van der Waals surface area contributed by atoms with Gasteiger partial charge in [0, 0.05) is 52.5 Å². The van der Waals surface area contributed by atoms with Gasteiger partial charge in [0.15, 0.2) is 5.71 Å². The number of benzene rings is 2. The Kier molecular flexibility index (Phi) is 12.1. The van der Waals surface area contributed by atoms with E-state index in [4.69, 9.17) is 24.2 Å². The van der Waals surface area contributed by atoms with Gasteiger partial charge < -0.3 is 4.90 Å². The number of anilines is 1. The van der Waals surface area contributed by atoms with Crippen molar-refractivity contribution in [2.75, 3.05) is 23.7 Å². The first-order valence-electron chi connectivity index (χ1n) is 16.4. The Morgan fingerprint density at radius 1 is 0.917 bits per heavy atom. The molecule has 5 rings (SSSR count). The molecule has 2 heterocycles. The Morgan fingerprint density at radius 2 is 1.56 bits per heavy atom. The zero-order valence-corrected chi connectivity index (χ0v) is 30.8. The number of halogens is 1. The first-order chi connectivity index (χ1) is 22.6. The molecule has 0 radical (unpaired) electrons. The summed E-state index contributed by atoms with van der Waals surface area (Å²) in [5.41, 5.74) is 9.30. The Hall–Kier alpha value is -3.31. The Balaban J connectivity index is 0.00000123. The Labute approximate surface area is 292 Å². The fourth-order valence-electron chi connectivity index (χ4n) is 7.05. The van der Waals surface area contributed by atoms with E-state index in [-0.39, 0.29) is 16.6 Å². The van der Waals surface area contributed by atoms with Crippen molar-refractivity contribution < 1.29 is 30.2 Å². The molecule has 0 bridgehead atoms. The van der Waals surface area contributed by atoms with Gasteiger partial charge >= 0.3 is 10.6 Å². The van der Waals surface area contributed by atoms with Gasteiger partial charge in [0.25, 0.3) is 10.1 Å². The highest BCUT2D eigenvalue weighted by molar-refractivity contribution is 7.85. The number of hydrogen-bond acceptors (Lipinski definition) is 6. The maximum Gasteiger partial charge on any atom is 0.425 e. The van der Waals surface area contributed by atoms with Crippen molar-refractivity contribution in [2.45, 2.75) is 84.0 Å². The highest BCUT2D eigenvalue weighted by Crippen LogP contribution is 2.48. The second kappa shape index (κ2) is 15.5. The van der Waals surface area contributed by atoms with Crippen molar-refractivity contribution in [3.63, 3.8) is 0 Å². The summed E-state index contributed by atoms with van der Waals surface area (Å²) in [6, 6.07) is 17.0. The molecule has 0 fully saturated rings. The number of rotatable bonds is 10. The molecule has 2 aromatic rings. The van der Waals surface area contributed by atoms with Crippen LogP contribution in [0, 0.1) is 0 Å². The SMILES string of the molecule is CCCCN1C(=CC=C2CCCC(C=CC3=[N+](CCCS(=O)(=O)O)c4ccccc4C3(C)C)=C2Cl)C(C)(C)c2ccccc21.O=S(=O)=O. The van der Waals surface area contributed by atoms with Crippen LogP contribution in [0.5, 0.6) is 0 Å². The molecule has 3 aliphatic rings. The van der Waals surface area contributed by atoms with Gasteiger partial charge in [-0.05, 0) is 68.4 Å². The van der Waals surface area contributed by atoms with Gasteiger partial charge in [0.05, 0.1) is 11.2 Å². The van der Waals surface area contributed by atoms with E-state index >= 15 is 0 Å². The minimum absolute atomic E-state index is 0.0898. The summed E-state index contributed by atoms with van der Waals surface area (Å²) in [4.78, 5) is 2.49. The standard InChI is InChI=1S/C37H45ClN2O3S.O3S/c1-6-7-24-39-31-18-10-8-16-29(31)36(2,3)33(39)22-20-27-14-12-15-28(35(27)38)21-23-34-37(4,5)30-17-9-11-19-32(30)40(34)25-13-26-44(41,42)43;1-4(2)3/h8-11,16-23H,6-7,12-15,24-26H2,1-5H3;/p+1. The lowest BCUT2D eigenvalue weighted by molar-refractivity contribution is -0.437. The van der Waals surface area contributed by atoms with Crippen molar-refractivity contribution in [2.24, 2.45) is 0 Å². The number of fused-ring (bicyclic) bond motifs is 2. The first-order valence-corrected chi connectivity index (χ1v) is 19.4. The molecular weight excluding hydrogens is 668 g/mol. The van der Waals surface area contributed by atoms with E-state index in [1.54, 1.807) is 0 Å². The molecule has 48 heavy (non-hydrogen) atoms. The van der Waals surface area contributed by atoms with E-state index in [9.17, 15) is 13.0 Å². The van der Waals surface area contributed by atoms with Crippen LogP contribution in [0.15, 0.2) is 94.7 Å². The predicted octanol–water partition coefficient (Wildman–Crippen LogP) is 7.98. The van der Waals surface area contributed by atoms with E-state index in [1.165, 1.54) is 22.5 Å². The first kappa shape index (κ1) is 37.5.